The number of alkyl halides is 1. The normalized spacial score (nSPS) is 13.1. The van der Waals surface area contributed by atoms with Crippen LogP contribution >= 0.6 is 22.6 Å². The minimum Gasteiger partial charge on any atom is -0.373 e. The van der Waals surface area contributed by atoms with Crippen LogP contribution < -0.4 is 0 Å². The Morgan fingerprint density at radius 1 is 1.38 bits per heavy atom. The van der Waals surface area contributed by atoms with E-state index in [0.29, 0.717) is 5.92 Å². The van der Waals surface area contributed by atoms with Gasteiger partial charge in [0, 0.05) is 11.0 Å². The standard InChI is InChI=1S/C13H18FIO/c1-10(2)6-7-16-13(9-15)11-4-3-5-12(14)8-11/h3-5,8,10,13H,6-7,9H2,1-2H3. The number of rotatable bonds is 6. The average molecular weight is 336 g/mol. The second-order valence-corrected chi connectivity index (χ2v) is 5.13. The van der Waals surface area contributed by atoms with Gasteiger partial charge in [-0.1, -0.05) is 48.6 Å². The zero-order valence-electron chi connectivity index (χ0n) is 9.75. The Hall–Kier alpha value is -0.160. The maximum Gasteiger partial charge on any atom is 0.123 e. The predicted octanol–water partition coefficient (Wildman–Crippen LogP) is 4.36. The summed E-state index contributed by atoms with van der Waals surface area (Å²) < 4.78 is 19.7. The Morgan fingerprint density at radius 2 is 2.12 bits per heavy atom. The summed E-state index contributed by atoms with van der Waals surface area (Å²) in [6.45, 7) is 5.08. The van der Waals surface area contributed by atoms with Crippen molar-refractivity contribution in [2.75, 3.05) is 11.0 Å². The average Bonchev–Trinajstić information content (AvgIpc) is 2.24. The first-order valence-corrected chi connectivity index (χ1v) is 7.09. The largest absolute Gasteiger partial charge is 0.373 e. The molecular formula is C13H18FIO. The number of benzene rings is 1. The molecule has 0 N–H and O–H groups in total. The molecule has 0 radical (unpaired) electrons. The van der Waals surface area contributed by atoms with Crippen LogP contribution in [0, 0.1) is 11.7 Å². The highest BCUT2D eigenvalue weighted by Crippen LogP contribution is 2.21. The molecule has 1 aromatic rings. The lowest BCUT2D eigenvalue weighted by Gasteiger charge is -2.16. The van der Waals surface area contributed by atoms with Crippen molar-refractivity contribution in [2.24, 2.45) is 5.92 Å². The van der Waals surface area contributed by atoms with Crippen molar-refractivity contribution in [1.82, 2.24) is 0 Å². The highest BCUT2D eigenvalue weighted by atomic mass is 127. The van der Waals surface area contributed by atoms with Crippen LogP contribution in [0.15, 0.2) is 24.3 Å². The van der Waals surface area contributed by atoms with Crippen LogP contribution in [-0.4, -0.2) is 11.0 Å². The van der Waals surface area contributed by atoms with E-state index in [2.05, 4.69) is 36.4 Å². The van der Waals surface area contributed by atoms with Crippen LogP contribution in [0.1, 0.15) is 31.9 Å². The summed E-state index contributed by atoms with van der Waals surface area (Å²) >= 11 is 2.27. The third kappa shape index (κ3) is 4.78. The number of hydrogen-bond acceptors (Lipinski definition) is 1. The summed E-state index contributed by atoms with van der Waals surface area (Å²) in [7, 11) is 0. The van der Waals surface area contributed by atoms with Gasteiger partial charge in [0.2, 0.25) is 0 Å². The molecule has 3 heteroatoms. The molecule has 1 rings (SSSR count). The molecule has 0 bridgehead atoms. The second kappa shape index (κ2) is 7.22. The molecule has 0 spiro atoms. The molecule has 0 aliphatic heterocycles. The number of halogens is 2. The summed E-state index contributed by atoms with van der Waals surface area (Å²) in [6.07, 6.45) is 1.05. The lowest BCUT2D eigenvalue weighted by Crippen LogP contribution is -2.08. The first-order chi connectivity index (χ1) is 7.63. The molecule has 1 unspecified atom stereocenters. The molecule has 0 saturated carbocycles. The Bertz CT molecular complexity index is 315. The predicted molar refractivity (Wildman–Crippen MR) is 73.4 cm³/mol. The molecule has 0 saturated heterocycles. The third-order valence-electron chi connectivity index (χ3n) is 2.37. The van der Waals surface area contributed by atoms with Crippen LogP contribution in [0.5, 0.6) is 0 Å². The van der Waals surface area contributed by atoms with Gasteiger partial charge in [-0.15, -0.1) is 0 Å². The van der Waals surface area contributed by atoms with E-state index < -0.39 is 0 Å². The third-order valence-corrected chi connectivity index (χ3v) is 3.17. The van der Waals surface area contributed by atoms with Crippen LogP contribution in [0.4, 0.5) is 4.39 Å². The van der Waals surface area contributed by atoms with Crippen molar-refractivity contribution >= 4 is 22.6 Å². The lowest BCUT2D eigenvalue weighted by atomic mass is 10.1. The van der Waals surface area contributed by atoms with Crippen molar-refractivity contribution in [1.29, 1.82) is 0 Å². The topological polar surface area (TPSA) is 9.23 Å². The minimum atomic E-state index is -0.195. The van der Waals surface area contributed by atoms with E-state index in [1.54, 1.807) is 12.1 Å². The summed E-state index contributed by atoms with van der Waals surface area (Å²) in [6, 6.07) is 6.66. The molecule has 1 aromatic carbocycles. The van der Waals surface area contributed by atoms with E-state index in [1.165, 1.54) is 6.07 Å². The van der Waals surface area contributed by atoms with Gasteiger partial charge < -0.3 is 4.74 Å². The zero-order chi connectivity index (χ0) is 12.0. The van der Waals surface area contributed by atoms with E-state index >= 15 is 0 Å². The molecule has 0 amide bonds. The molecule has 1 nitrogen and oxygen atoms in total. The molecule has 90 valence electrons. The molecule has 0 heterocycles. The van der Waals surface area contributed by atoms with E-state index in [4.69, 9.17) is 4.74 Å². The first kappa shape index (κ1) is 13.9. The van der Waals surface area contributed by atoms with Gasteiger partial charge in [0.1, 0.15) is 5.82 Å². The van der Waals surface area contributed by atoms with Gasteiger partial charge in [-0.05, 0) is 30.0 Å². The highest BCUT2D eigenvalue weighted by Gasteiger charge is 2.11. The maximum atomic E-state index is 13.1. The molecule has 0 aliphatic carbocycles. The van der Waals surface area contributed by atoms with Crippen molar-refractivity contribution in [3.8, 4) is 0 Å². The Morgan fingerprint density at radius 3 is 2.69 bits per heavy atom. The van der Waals surface area contributed by atoms with Crippen LogP contribution in [0.25, 0.3) is 0 Å². The van der Waals surface area contributed by atoms with Gasteiger partial charge in [-0.25, -0.2) is 4.39 Å². The van der Waals surface area contributed by atoms with Crippen LogP contribution in [-0.2, 0) is 4.74 Å². The number of hydrogen-bond donors (Lipinski definition) is 0. The fourth-order valence-corrected chi connectivity index (χ4v) is 2.15. The second-order valence-electron chi connectivity index (χ2n) is 4.25. The summed E-state index contributed by atoms with van der Waals surface area (Å²) in [4.78, 5) is 0. The zero-order valence-corrected chi connectivity index (χ0v) is 11.9. The Balaban J connectivity index is 2.53. The SMILES string of the molecule is CC(C)CCOC(CI)c1cccc(F)c1. The molecular weight excluding hydrogens is 318 g/mol. The summed E-state index contributed by atoms with van der Waals surface area (Å²) in [5.41, 5.74) is 0.929. The van der Waals surface area contributed by atoms with Crippen molar-refractivity contribution < 1.29 is 9.13 Å². The first-order valence-electron chi connectivity index (χ1n) is 5.56. The molecule has 0 aliphatic rings. The van der Waals surface area contributed by atoms with Gasteiger partial charge in [-0.3, -0.25) is 0 Å². The highest BCUT2D eigenvalue weighted by molar-refractivity contribution is 14.1. The van der Waals surface area contributed by atoms with E-state index in [9.17, 15) is 4.39 Å². The molecule has 0 fully saturated rings. The minimum absolute atomic E-state index is 0.00931. The van der Waals surface area contributed by atoms with E-state index in [0.717, 1.165) is 23.0 Å². The monoisotopic (exact) mass is 336 g/mol. The number of ether oxygens (including phenoxy) is 1. The molecule has 1 atom stereocenters. The van der Waals surface area contributed by atoms with Crippen molar-refractivity contribution in [2.45, 2.75) is 26.4 Å². The molecule has 16 heavy (non-hydrogen) atoms. The fourth-order valence-electron chi connectivity index (χ4n) is 1.38. The summed E-state index contributed by atoms with van der Waals surface area (Å²) in [5, 5.41) is 0. The van der Waals surface area contributed by atoms with Gasteiger partial charge >= 0.3 is 0 Å². The van der Waals surface area contributed by atoms with Crippen molar-refractivity contribution in [3.05, 3.63) is 35.6 Å². The van der Waals surface area contributed by atoms with Gasteiger partial charge in [0.25, 0.3) is 0 Å². The van der Waals surface area contributed by atoms with Gasteiger partial charge in [0.15, 0.2) is 0 Å². The van der Waals surface area contributed by atoms with Gasteiger partial charge in [0.05, 0.1) is 6.10 Å². The Kier molecular flexibility index (Phi) is 6.28. The van der Waals surface area contributed by atoms with E-state index in [1.807, 2.05) is 6.07 Å². The van der Waals surface area contributed by atoms with Crippen LogP contribution in [0.2, 0.25) is 0 Å². The lowest BCUT2D eigenvalue weighted by molar-refractivity contribution is 0.0631. The Labute approximate surface area is 111 Å². The molecule has 0 aromatic heterocycles. The van der Waals surface area contributed by atoms with Crippen LogP contribution in [0.3, 0.4) is 0 Å². The maximum absolute atomic E-state index is 13.1. The fraction of sp³-hybridized carbons (Fsp3) is 0.538. The summed E-state index contributed by atoms with van der Waals surface area (Å²) in [5.74, 6) is 0.446. The van der Waals surface area contributed by atoms with Gasteiger partial charge in [-0.2, -0.15) is 0 Å². The quantitative estimate of drug-likeness (QED) is 0.554. The smallest absolute Gasteiger partial charge is 0.123 e. The van der Waals surface area contributed by atoms with Crippen molar-refractivity contribution in [3.63, 3.8) is 0 Å². The van der Waals surface area contributed by atoms with E-state index in [-0.39, 0.29) is 11.9 Å².